The Morgan fingerprint density at radius 3 is 2.72 bits per heavy atom. The van der Waals surface area contributed by atoms with Crippen LogP contribution in [0.3, 0.4) is 0 Å². The third kappa shape index (κ3) is 3.45. The highest BCUT2D eigenvalue weighted by Crippen LogP contribution is 2.20. The van der Waals surface area contributed by atoms with Crippen molar-refractivity contribution >= 4 is 11.8 Å². The third-order valence-electron chi connectivity index (χ3n) is 3.39. The lowest BCUT2D eigenvalue weighted by molar-refractivity contribution is 0.0600. The maximum atomic E-state index is 11.4. The Hall–Kier alpha value is -1.58. The summed E-state index contributed by atoms with van der Waals surface area (Å²) in [4.78, 5) is 15.7. The number of rotatable bonds is 3. The van der Waals surface area contributed by atoms with Gasteiger partial charge in [-0.3, -0.25) is 0 Å². The molecular formula is C14H20N2O2. The van der Waals surface area contributed by atoms with Crippen LogP contribution in [0.15, 0.2) is 18.3 Å². The number of nitrogens with one attached hydrogen (secondary N) is 1. The molecule has 1 heterocycles. The second-order valence-electron chi connectivity index (χ2n) is 4.75. The van der Waals surface area contributed by atoms with E-state index >= 15 is 0 Å². The lowest BCUT2D eigenvalue weighted by atomic mass is 10.1. The van der Waals surface area contributed by atoms with Gasteiger partial charge in [0.2, 0.25) is 0 Å². The van der Waals surface area contributed by atoms with Crippen LogP contribution in [0.5, 0.6) is 0 Å². The summed E-state index contributed by atoms with van der Waals surface area (Å²) >= 11 is 0. The third-order valence-corrected chi connectivity index (χ3v) is 3.39. The molecule has 0 aliphatic heterocycles. The highest BCUT2D eigenvalue weighted by atomic mass is 16.5. The molecule has 2 rings (SSSR count). The smallest absolute Gasteiger partial charge is 0.338 e. The van der Waals surface area contributed by atoms with Gasteiger partial charge in [0.25, 0.3) is 0 Å². The number of hydrogen-bond donors (Lipinski definition) is 1. The second kappa shape index (κ2) is 6.38. The van der Waals surface area contributed by atoms with Crippen molar-refractivity contribution in [2.75, 3.05) is 12.4 Å². The van der Waals surface area contributed by atoms with Crippen molar-refractivity contribution in [1.82, 2.24) is 4.98 Å². The van der Waals surface area contributed by atoms with E-state index in [9.17, 15) is 4.79 Å². The number of aromatic nitrogens is 1. The fraction of sp³-hybridized carbons (Fsp3) is 0.571. The van der Waals surface area contributed by atoms with E-state index in [0.717, 1.165) is 5.82 Å². The average Bonchev–Trinajstić information content (AvgIpc) is 2.67. The molecule has 1 saturated carbocycles. The summed E-state index contributed by atoms with van der Waals surface area (Å²) in [7, 11) is 1.39. The van der Waals surface area contributed by atoms with E-state index in [1.807, 2.05) is 0 Å². The van der Waals surface area contributed by atoms with E-state index < -0.39 is 0 Å². The molecule has 0 atom stereocenters. The van der Waals surface area contributed by atoms with Crippen molar-refractivity contribution in [2.24, 2.45) is 0 Å². The molecule has 4 nitrogen and oxygen atoms in total. The van der Waals surface area contributed by atoms with Crippen LogP contribution in [0, 0.1) is 0 Å². The van der Waals surface area contributed by atoms with Crippen LogP contribution >= 0.6 is 0 Å². The Morgan fingerprint density at radius 1 is 1.33 bits per heavy atom. The van der Waals surface area contributed by atoms with Gasteiger partial charge in [-0.2, -0.15) is 0 Å². The summed E-state index contributed by atoms with van der Waals surface area (Å²) in [6.07, 6.45) is 9.21. The summed E-state index contributed by atoms with van der Waals surface area (Å²) in [6.45, 7) is 0. The number of carbonyl (C=O) groups is 1. The number of carbonyl (C=O) groups excluding carboxylic acids is 1. The van der Waals surface area contributed by atoms with Gasteiger partial charge in [0.15, 0.2) is 0 Å². The van der Waals surface area contributed by atoms with Crippen LogP contribution in [0.1, 0.15) is 48.9 Å². The van der Waals surface area contributed by atoms with Crippen LogP contribution in [0.25, 0.3) is 0 Å². The van der Waals surface area contributed by atoms with Crippen molar-refractivity contribution < 1.29 is 9.53 Å². The van der Waals surface area contributed by atoms with Crippen molar-refractivity contribution in [2.45, 2.75) is 44.6 Å². The van der Waals surface area contributed by atoms with Gasteiger partial charge in [-0.1, -0.05) is 25.7 Å². The molecule has 1 fully saturated rings. The topological polar surface area (TPSA) is 51.2 Å². The SMILES string of the molecule is COC(=O)c1ccnc(NC2CCCCCC2)c1. The second-order valence-corrected chi connectivity index (χ2v) is 4.75. The molecule has 0 amide bonds. The predicted octanol–water partition coefficient (Wildman–Crippen LogP) is 3.00. The van der Waals surface area contributed by atoms with Crippen LogP contribution < -0.4 is 5.32 Å². The minimum Gasteiger partial charge on any atom is -0.465 e. The monoisotopic (exact) mass is 248 g/mol. The Labute approximate surface area is 108 Å². The Balaban J connectivity index is 2.01. The largest absolute Gasteiger partial charge is 0.465 e. The van der Waals surface area contributed by atoms with Gasteiger partial charge in [0.05, 0.1) is 12.7 Å². The van der Waals surface area contributed by atoms with E-state index in [-0.39, 0.29) is 5.97 Å². The molecule has 0 bridgehead atoms. The number of esters is 1. The van der Waals surface area contributed by atoms with E-state index in [1.54, 1.807) is 18.3 Å². The first-order chi connectivity index (χ1) is 8.79. The molecule has 1 N–H and O–H groups in total. The first-order valence-corrected chi connectivity index (χ1v) is 6.60. The Bertz CT molecular complexity index is 399. The number of nitrogens with zero attached hydrogens (tertiary/aromatic N) is 1. The molecule has 1 aliphatic carbocycles. The fourth-order valence-corrected chi connectivity index (χ4v) is 2.39. The van der Waals surface area contributed by atoms with Gasteiger partial charge in [-0.25, -0.2) is 9.78 Å². The minimum atomic E-state index is -0.318. The summed E-state index contributed by atoms with van der Waals surface area (Å²) in [5.41, 5.74) is 0.545. The van der Waals surface area contributed by atoms with Crippen LogP contribution in [-0.2, 0) is 4.74 Å². The molecular weight excluding hydrogens is 228 g/mol. The summed E-state index contributed by atoms with van der Waals surface area (Å²) < 4.78 is 4.71. The molecule has 98 valence electrons. The lowest BCUT2D eigenvalue weighted by Crippen LogP contribution is -2.19. The maximum Gasteiger partial charge on any atom is 0.338 e. The standard InChI is InChI=1S/C14H20N2O2/c1-18-14(17)11-8-9-15-13(10-11)16-12-6-4-2-3-5-7-12/h8-10,12H,2-7H2,1H3,(H,15,16). The Kier molecular flexibility index (Phi) is 4.56. The van der Waals surface area contributed by atoms with Gasteiger partial charge >= 0.3 is 5.97 Å². The average molecular weight is 248 g/mol. The van der Waals surface area contributed by atoms with Crippen molar-refractivity contribution in [3.05, 3.63) is 23.9 Å². The highest BCUT2D eigenvalue weighted by molar-refractivity contribution is 5.89. The first-order valence-electron chi connectivity index (χ1n) is 6.60. The molecule has 0 radical (unpaired) electrons. The van der Waals surface area contributed by atoms with E-state index in [0.29, 0.717) is 11.6 Å². The van der Waals surface area contributed by atoms with Crippen molar-refractivity contribution in [1.29, 1.82) is 0 Å². The highest BCUT2D eigenvalue weighted by Gasteiger charge is 2.13. The number of anilines is 1. The van der Waals surface area contributed by atoms with E-state index in [1.165, 1.54) is 45.6 Å². The van der Waals surface area contributed by atoms with Gasteiger partial charge < -0.3 is 10.1 Å². The van der Waals surface area contributed by atoms with E-state index in [2.05, 4.69) is 10.3 Å². The lowest BCUT2D eigenvalue weighted by Gasteiger charge is -2.17. The Morgan fingerprint density at radius 2 is 2.06 bits per heavy atom. The molecule has 0 spiro atoms. The number of hydrogen-bond acceptors (Lipinski definition) is 4. The van der Waals surface area contributed by atoms with Crippen LogP contribution in [0.2, 0.25) is 0 Å². The normalized spacial score (nSPS) is 16.9. The molecule has 4 heteroatoms. The fourth-order valence-electron chi connectivity index (χ4n) is 2.39. The zero-order chi connectivity index (χ0) is 12.8. The van der Waals surface area contributed by atoms with Crippen molar-refractivity contribution in [3.8, 4) is 0 Å². The molecule has 1 aliphatic rings. The minimum absolute atomic E-state index is 0.318. The van der Waals surface area contributed by atoms with Gasteiger partial charge in [0, 0.05) is 12.2 Å². The molecule has 0 aromatic carbocycles. The molecule has 18 heavy (non-hydrogen) atoms. The van der Waals surface area contributed by atoms with Gasteiger partial charge in [-0.05, 0) is 25.0 Å². The van der Waals surface area contributed by atoms with Crippen LogP contribution in [0.4, 0.5) is 5.82 Å². The number of methoxy groups -OCH3 is 1. The predicted molar refractivity (Wildman–Crippen MR) is 70.7 cm³/mol. The summed E-state index contributed by atoms with van der Waals surface area (Å²) in [6, 6.07) is 3.91. The zero-order valence-electron chi connectivity index (χ0n) is 10.8. The molecule has 0 unspecified atom stereocenters. The maximum absolute atomic E-state index is 11.4. The van der Waals surface area contributed by atoms with E-state index in [4.69, 9.17) is 4.74 Å². The van der Waals surface area contributed by atoms with Gasteiger partial charge in [-0.15, -0.1) is 0 Å². The summed E-state index contributed by atoms with van der Waals surface area (Å²) in [5.74, 6) is 0.450. The molecule has 1 aromatic heterocycles. The number of pyridine rings is 1. The molecule has 0 saturated heterocycles. The van der Waals surface area contributed by atoms with Crippen LogP contribution in [-0.4, -0.2) is 24.1 Å². The summed E-state index contributed by atoms with van der Waals surface area (Å²) in [5, 5.41) is 3.42. The van der Waals surface area contributed by atoms with Gasteiger partial charge in [0.1, 0.15) is 5.82 Å². The first kappa shape index (κ1) is 12.9. The number of ether oxygens (including phenoxy) is 1. The van der Waals surface area contributed by atoms with Crippen molar-refractivity contribution in [3.63, 3.8) is 0 Å². The quantitative estimate of drug-likeness (QED) is 0.660. The molecule has 1 aromatic rings. The zero-order valence-corrected chi connectivity index (χ0v) is 10.8.